The van der Waals surface area contributed by atoms with E-state index in [-0.39, 0.29) is 18.4 Å². The average molecular weight is 548 g/mol. The lowest BCUT2D eigenvalue weighted by Gasteiger charge is -2.18. The molecule has 3 aromatic rings. The standard InChI is InChI=1S/C24H24Br2N2O3/c1-14(2)18-11-20(25)15(3)23(26)24(18)31-13-22(29)28-27-12-19-17-8-6-5-7-16(17)9-10-21(19)30-4/h5-12,14H,13H2,1-4H3,(H,28,29). The Morgan fingerprint density at radius 1 is 1.19 bits per heavy atom. The minimum absolute atomic E-state index is 0.149. The lowest BCUT2D eigenvalue weighted by Crippen LogP contribution is -2.25. The number of amides is 1. The van der Waals surface area contributed by atoms with Crippen molar-refractivity contribution < 1.29 is 14.3 Å². The molecule has 3 aromatic carbocycles. The number of hydrogen-bond donors (Lipinski definition) is 1. The van der Waals surface area contributed by atoms with E-state index in [9.17, 15) is 4.79 Å². The van der Waals surface area contributed by atoms with Crippen molar-refractivity contribution in [2.45, 2.75) is 26.7 Å². The Labute approximate surface area is 199 Å². The van der Waals surface area contributed by atoms with Crippen LogP contribution >= 0.6 is 31.9 Å². The van der Waals surface area contributed by atoms with Crippen LogP contribution in [0.5, 0.6) is 11.5 Å². The van der Waals surface area contributed by atoms with Gasteiger partial charge in [0.25, 0.3) is 5.91 Å². The van der Waals surface area contributed by atoms with E-state index in [2.05, 4.69) is 56.2 Å². The number of halogens is 2. The number of carbonyl (C=O) groups excluding carboxylic acids is 1. The molecule has 0 aromatic heterocycles. The molecule has 0 bridgehead atoms. The zero-order valence-corrected chi connectivity index (χ0v) is 21.0. The van der Waals surface area contributed by atoms with Crippen molar-refractivity contribution in [3.63, 3.8) is 0 Å². The first-order chi connectivity index (χ1) is 14.8. The molecule has 0 aliphatic heterocycles. The van der Waals surface area contributed by atoms with E-state index >= 15 is 0 Å². The minimum Gasteiger partial charge on any atom is -0.496 e. The largest absolute Gasteiger partial charge is 0.496 e. The molecular weight excluding hydrogens is 524 g/mol. The van der Waals surface area contributed by atoms with Crippen molar-refractivity contribution in [3.8, 4) is 11.5 Å². The Hall–Kier alpha value is -2.38. The lowest BCUT2D eigenvalue weighted by molar-refractivity contribution is -0.123. The summed E-state index contributed by atoms with van der Waals surface area (Å²) < 4.78 is 13.1. The Balaban J connectivity index is 1.73. The molecular formula is C24H24Br2N2O3. The van der Waals surface area contributed by atoms with E-state index < -0.39 is 0 Å². The summed E-state index contributed by atoms with van der Waals surface area (Å²) in [5.41, 5.74) is 5.37. The smallest absolute Gasteiger partial charge is 0.277 e. The molecule has 3 rings (SSSR count). The van der Waals surface area contributed by atoms with Crippen molar-refractivity contribution in [1.29, 1.82) is 0 Å². The molecule has 0 saturated carbocycles. The van der Waals surface area contributed by atoms with Gasteiger partial charge >= 0.3 is 0 Å². The molecule has 0 unspecified atom stereocenters. The van der Waals surface area contributed by atoms with Crippen LogP contribution in [-0.4, -0.2) is 25.8 Å². The summed E-state index contributed by atoms with van der Waals surface area (Å²) in [6.45, 7) is 5.99. The summed E-state index contributed by atoms with van der Waals surface area (Å²) in [5.74, 6) is 1.25. The molecule has 7 heteroatoms. The van der Waals surface area contributed by atoms with Crippen molar-refractivity contribution in [2.24, 2.45) is 5.10 Å². The summed E-state index contributed by atoms with van der Waals surface area (Å²) in [7, 11) is 1.61. The minimum atomic E-state index is -0.349. The van der Waals surface area contributed by atoms with E-state index in [0.29, 0.717) is 11.5 Å². The number of nitrogens with one attached hydrogen (secondary N) is 1. The van der Waals surface area contributed by atoms with Crippen LogP contribution < -0.4 is 14.9 Å². The molecule has 0 spiro atoms. The second-order valence-corrected chi connectivity index (χ2v) is 9.00. The average Bonchev–Trinajstić information content (AvgIpc) is 2.76. The van der Waals surface area contributed by atoms with Crippen molar-refractivity contribution in [2.75, 3.05) is 13.7 Å². The predicted molar refractivity (Wildman–Crippen MR) is 132 cm³/mol. The fourth-order valence-corrected chi connectivity index (χ4v) is 4.48. The van der Waals surface area contributed by atoms with Crippen LogP contribution in [0.3, 0.4) is 0 Å². The van der Waals surface area contributed by atoms with Crippen LogP contribution in [0.4, 0.5) is 0 Å². The molecule has 0 saturated heterocycles. The van der Waals surface area contributed by atoms with Gasteiger partial charge in [0.05, 0.1) is 17.8 Å². The summed E-state index contributed by atoms with van der Waals surface area (Å²) in [6, 6.07) is 13.8. The third kappa shape index (κ3) is 5.28. The second-order valence-electron chi connectivity index (χ2n) is 7.35. The summed E-state index contributed by atoms with van der Waals surface area (Å²) in [4.78, 5) is 12.4. The Bertz CT molecular complexity index is 1140. The number of hydrogen-bond acceptors (Lipinski definition) is 4. The topological polar surface area (TPSA) is 59.9 Å². The van der Waals surface area contributed by atoms with Crippen molar-refractivity contribution in [3.05, 3.63) is 68.1 Å². The van der Waals surface area contributed by atoms with Crippen LogP contribution in [0.15, 0.2) is 56.5 Å². The maximum absolute atomic E-state index is 12.4. The van der Waals surface area contributed by atoms with Gasteiger partial charge < -0.3 is 9.47 Å². The molecule has 31 heavy (non-hydrogen) atoms. The molecule has 0 aliphatic rings. The summed E-state index contributed by atoms with van der Waals surface area (Å²) in [5, 5.41) is 6.18. The van der Waals surface area contributed by atoms with E-state index in [1.807, 2.05) is 49.4 Å². The van der Waals surface area contributed by atoms with E-state index in [4.69, 9.17) is 9.47 Å². The molecule has 1 amide bonds. The van der Waals surface area contributed by atoms with Crippen LogP contribution in [0.1, 0.15) is 36.5 Å². The highest BCUT2D eigenvalue weighted by molar-refractivity contribution is 9.11. The van der Waals surface area contributed by atoms with Crippen LogP contribution in [0.2, 0.25) is 0 Å². The predicted octanol–water partition coefficient (Wildman–Crippen LogP) is 6.33. The maximum atomic E-state index is 12.4. The maximum Gasteiger partial charge on any atom is 0.277 e. The molecule has 162 valence electrons. The van der Waals surface area contributed by atoms with E-state index in [1.54, 1.807) is 13.3 Å². The van der Waals surface area contributed by atoms with Gasteiger partial charge in [-0.3, -0.25) is 4.79 Å². The summed E-state index contributed by atoms with van der Waals surface area (Å²) in [6.07, 6.45) is 1.60. The molecule has 5 nitrogen and oxygen atoms in total. The molecule has 0 heterocycles. The fourth-order valence-electron chi connectivity index (χ4n) is 3.21. The van der Waals surface area contributed by atoms with Crippen LogP contribution in [-0.2, 0) is 4.79 Å². The van der Waals surface area contributed by atoms with Gasteiger partial charge in [0.2, 0.25) is 0 Å². The molecule has 0 atom stereocenters. The Morgan fingerprint density at radius 3 is 2.65 bits per heavy atom. The first kappa shape index (κ1) is 23.3. The molecule has 0 fully saturated rings. The van der Waals surface area contributed by atoms with E-state index in [1.165, 1.54) is 0 Å². The zero-order chi connectivity index (χ0) is 22.5. The zero-order valence-electron chi connectivity index (χ0n) is 17.8. The van der Waals surface area contributed by atoms with Gasteiger partial charge in [0.15, 0.2) is 6.61 Å². The molecule has 0 radical (unpaired) electrons. The van der Waals surface area contributed by atoms with Crippen molar-refractivity contribution in [1.82, 2.24) is 5.43 Å². The second kappa shape index (κ2) is 10.3. The number of methoxy groups -OCH3 is 1. The number of rotatable bonds is 7. The van der Waals surface area contributed by atoms with Crippen LogP contribution in [0.25, 0.3) is 10.8 Å². The quantitative estimate of drug-likeness (QED) is 0.277. The first-order valence-electron chi connectivity index (χ1n) is 9.82. The number of benzene rings is 3. The normalized spacial score (nSPS) is 11.3. The van der Waals surface area contributed by atoms with Gasteiger partial charge in [0.1, 0.15) is 11.5 Å². The van der Waals surface area contributed by atoms with Gasteiger partial charge in [-0.1, -0.05) is 60.1 Å². The number of hydrazone groups is 1. The number of nitrogens with zero attached hydrogens (tertiary/aromatic N) is 1. The van der Waals surface area contributed by atoms with Gasteiger partial charge in [-0.25, -0.2) is 5.43 Å². The fraction of sp³-hybridized carbons (Fsp3) is 0.250. The van der Waals surface area contributed by atoms with Crippen LogP contribution in [0, 0.1) is 6.92 Å². The highest BCUT2D eigenvalue weighted by Crippen LogP contribution is 2.40. The highest BCUT2D eigenvalue weighted by Gasteiger charge is 2.17. The number of fused-ring (bicyclic) bond motifs is 1. The lowest BCUT2D eigenvalue weighted by atomic mass is 10.0. The molecule has 0 aliphatic carbocycles. The third-order valence-corrected chi connectivity index (χ3v) is 6.71. The first-order valence-corrected chi connectivity index (χ1v) is 11.4. The molecule has 1 N–H and O–H groups in total. The Morgan fingerprint density at radius 2 is 1.94 bits per heavy atom. The van der Waals surface area contributed by atoms with Gasteiger partial charge in [-0.15, -0.1) is 0 Å². The monoisotopic (exact) mass is 546 g/mol. The highest BCUT2D eigenvalue weighted by atomic mass is 79.9. The van der Waals surface area contributed by atoms with Gasteiger partial charge in [0, 0.05) is 10.0 Å². The number of carbonyl (C=O) groups is 1. The SMILES string of the molecule is COc1ccc2ccccc2c1C=NNC(=O)COc1c(C(C)C)cc(Br)c(C)c1Br. The number of ether oxygens (including phenoxy) is 2. The van der Waals surface area contributed by atoms with Crippen molar-refractivity contribution >= 4 is 54.8 Å². The Kier molecular flexibility index (Phi) is 7.73. The summed E-state index contributed by atoms with van der Waals surface area (Å²) >= 11 is 7.16. The van der Waals surface area contributed by atoms with Gasteiger partial charge in [-0.05, 0) is 62.8 Å². The third-order valence-electron chi connectivity index (χ3n) is 4.93. The van der Waals surface area contributed by atoms with E-state index in [0.717, 1.165) is 36.4 Å². The van der Waals surface area contributed by atoms with Gasteiger partial charge in [-0.2, -0.15) is 5.10 Å².